The molecule has 14 atom stereocenters. The monoisotopic (exact) mass is 2380 g/mol. The first-order valence-electron chi connectivity index (χ1n) is 44.1. The van der Waals surface area contributed by atoms with Gasteiger partial charge in [0.15, 0.2) is 0 Å². The molecule has 4 amide bonds. The average Bonchev–Trinajstić information content (AvgIpc) is 1.81. The minimum atomic E-state index is -0.927. The van der Waals surface area contributed by atoms with Crippen molar-refractivity contribution < 1.29 is 105 Å². The van der Waals surface area contributed by atoms with Crippen molar-refractivity contribution in [1.82, 2.24) is 61.1 Å². The molecule has 0 radical (unpaired) electrons. The molecule has 12 aromatic rings. The van der Waals surface area contributed by atoms with Gasteiger partial charge in [-0.15, -0.1) is 0 Å². The fraction of sp³-hybridized carbons (Fsp3) is 0.306. The summed E-state index contributed by atoms with van der Waals surface area (Å²) in [6.07, 6.45) is 8.97. The van der Waals surface area contributed by atoms with E-state index in [2.05, 4.69) is 61.1 Å². The molecule has 4 fully saturated rings. The summed E-state index contributed by atoms with van der Waals surface area (Å²) in [7, 11) is 0. The van der Waals surface area contributed by atoms with Crippen molar-refractivity contribution in [2.45, 2.75) is 162 Å². The number of aliphatic hydroxyl groups is 10. The van der Waals surface area contributed by atoms with Crippen LogP contribution in [-0.4, -0.2) is 178 Å². The third-order valence-electron chi connectivity index (χ3n) is 24.4. The van der Waals surface area contributed by atoms with E-state index in [-0.39, 0.29) is 92.8 Å². The van der Waals surface area contributed by atoms with Crippen LogP contribution in [0.1, 0.15) is 211 Å². The quantitative estimate of drug-likeness (QED) is 0.0197. The first-order valence-corrected chi connectivity index (χ1v) is 48.4. The van der Waals surface area contributed by atoms with Crippen molar-refractivity contribution in [3.63, 3.8) is 0 Å². The van der Waals surface area contributed by atoms with Crippen LogP contribution in [0.15, 0.2) is 170 Å². The van der Waals surface area contributed by atoms with Gasteiger partial charge in [-0.2, -0.15) is 0 Å². The fourth-order valence-electron chi connectivity index (χ4n) is 16.9. The summed E-state index contributed by atoms with van der Waals surface area (Å²) in [6.45, 7) is -1.98. The lowest BCUT2D eigenvalue weighted by Crippen LogP contribution is -2.33. The largest absolute Gasteiger partial charge is 0.394 e. The third-order valence-corrected chi connectivity index (χ3v) is 26.9. The van der Waals surface area contributed by atoms with Crippen LogP contribution in [0.5, 0.6) is 0 Å². The van der Waals surface area contributed by atoms with E-state index in [1.165, 1.54) is 109 Å². The second-order valence-corrected chi connectivity index (χ2v) is 39.1. The van der Waals surface area contributed by atoms with Gasteiger partial charge in [0.25, 0.3) is 23.6 Å². The van der Waals surface area contributed by atoms with E-state index in [0.29, 0.717) is 157 Å². The van der Waals surface area contributed by atoms with E-state index in [0.717, 1.165) is 37.1 Å². The molecule has 140 heavy (non-hydrogen) atoms. The number of amides is 4. The summed E-state index contributed by atoms with van der Waals surface area (Å²) >= 11 is 7.70. The lowest BCUT2D eigenvalue weighted by atomic mass is 9.83. The van der Waals surface area contributed by atoms with E-state index < -0.39 is 145 Å². The van der Waals surface area contributed by atoms with Crippen molar-refractivity contribution in [3.8, 4) is 45.0 Å². The van der Waals surface area contributed by atoms with Crippen molar-refractivity contribution >= 4 is 137 Å². The van der Waals surface area contributed by atoms with Crippen LogP contribution in [0.25, 0.3) is 45.0 Å². The minimum absolute atomic E-state index is 0.0537. The first-order chi connectivity index (χ1) is 66.8. The minimum Gasteiger partial charge on any atom is -0.394 e. The van der Waals surface area contributed by atoms with Gasteiger partial charge in [0, 0.05) is 60.2 Å². The maximum absolute atomic E-state index is 15.0. The predicted molar refractivity (Wildman–Crippen MR) is 535 cm³/mol. The molecule has 0 saturated heterocycles. The van der Waals surface area contributed by atoms with Gasteiger partial charge < -0.3 is 95.3 Å². The Labute approximate surface area is 851 Å². The summed E-state index contributed by atoms with van der Waals surface area (Å²) in [6, 6.07) is 28.6. The zero-order chi connectivity index (χ0) is 101. The molecule has 22 N–H and O–H groups in total. The number of nitrogens with two attached hydrogens (primary N) is 4. The number of carbonyl (C=O) groups excluding carboxylic acids is 4. The SMILES string of the molecule is Nc1ncc([C@@H]2CC[C@@H](O)C2)nc1-c1ccc(C(=O)N[C@H](CO)c2cc(F)cc(I)c2)c(F)c1.Nc1ncc([C@@H]2CC[C@@H](O)[C@H](O)C2)nc1-c1ccc(C(=O)N[C@H](CO)c2cc(F)cc(I)c2)c(F)c1.Nc1ncc([C@@H]2CC[C@H](O)C2)nc1-c1ccc(C(=O)N[C@H](CO)c2cc(F)cc(I)c2)c(F)c1.Nc1ncc([C@@H]2CC[C@H](O)[C@H](O)C2)nc1-c1ccc(C(=O)N[C@H](CO)c2cc(F)cc(I)c2)c(F)c1. The first kappa shape index (κ1) is 106. The maximum Gasteiger partial charge on any atom is 0.254 e. The number of nitrogens with one attached hydrogen (secondary N) is 4. The fourth-order valence-corrected chi connectivity index (χ4v) is 19.5. The summed E-state index contributed by atoms with van der Waals surface area (Å²) in [5.41, 5.74) is 29.3. The van der Waals surface area contributed by atoms with Gasteiger partial charge >= 0.3 is 0 Å². The number of rotatable bonds is 24. The van der Waals surface area contributed by atoms with Gasteiger partial charge in [0.2, 0.25) is 0 Å². The molecule has 16 rings (SSSR count). The Bertz CT molecular complexity index is 6080. The Kier molecular flexibility index (Phi) is 36.7. The molecule has 4 aliphatic carbocycles. The lowest BCUT2D eigenvalue weighted by molar-refractivity contribution is -0.0153. The van der Waals surface area contributed by atoms with E-state index in [1.54, 1.807) is 36.7 Å². The van der Waals surface area contributed by atoms with E-state index in [1.807, 2.05) is 90.4 Å². The highest BCUT2D eigenvalue weighted by molar-refractivity contribution is 14.1. The number of benzene rings is 8. The lowest BCUT2D eigenvalue weighted by Gasteiger charge is -2.29. The van der Waals surface area contributed by atoms with Gasteiger partial charge in [0.1, 0.15) is 92.6 Å². The molecule has 8 aromatic carbocycles. The molecule has 4 saturated carbocycles. The Morgan fingerprint density at radius 1 is 0.307 bits per heavy atom. The summed E-state index contributed by atoms with van der Waals surface area (Å²) in [5, 5.41) is 108. The molecule has 30 nitrogen and oxygen atoms in total. The van der Waals surface area contributed by atoms with Crippen LogP contribution in [0.3, 0.4) is 0 Å². The van der Waals surface area contributed by atoms with Crippen molar-refractivity contribution in [2.24, 2.45) is 0 Å². The van der Waals surface area contributed by atoms with Gasteiger partial charge in [-0.1, -0.05) is 24.3 Å². The normalized spacial score (nSPS) is 19.7. The van der Waals surface area contributed by atoms with Gasteiger partial charge in [0.05, 0.1) is 157 Å². The van der Waals surface area contributed by atoms with E-state index in [4.69, 9.17) is 22.9 Å². The van der Waals surface area contributed by atoms with Crippen molar-refractivity contribution in [3.05, 3.63) is 298 Å². The number of nitrogens with zero attached hydrogens (tertiary/aromatic N) is 8. The Hall–Kier alpha value is -10.9. The highest BCUT2D eigenvalue weighted by Crippen LogP contribution is 2.41. The van der Waals surface area contributed by atoms with Crippen LogP contribution in [-0.2, 0) is 0 Å². The molecule has 0 aliphatic heterocycles. The number of anilines is 4. The molecule has 0 spiro atoms. The van der Waals surface area contributed by atoms with Gasteiger partial charge in [-0.05, 0) is 311 Å². The molecular weight excluding hydrogens is 2280 g/mol. The van der Waals surface area contributed by atoms with E-state index in [9.17, 15) is 96.6 Å². The Morgan fingerprint density at radius 3 is 0.721 bits per heavy atom. The number of halogens is 12. The number of aliphatic hydroxyl groups excluding tert-OH is 10. The number of hydrogen-bond acceptors (Lipinski definition) is 26. The maximum atomic E-state index is 15.0. The van der Waals surface area contributed by atoms with Crippen LogP contribution in [0, 0.1) is 60.8 Å². The number of hydrogen-bond donors (Lipinski definition) is 18. The van der Waals surface area contributed by atoms with Crippen molar-refractivity contribution in [2.75, 3.05) is 49.4 Å². The third kappa shape index (κ3) is 27.1. The molecule has 4 aliphatic rings. The molecule has 0 unspecified atom stereocenters. The number of nitrogen functional groups attached to an aromatic ring is 4. The molecule has 4 heterocycles. The second kappa shape index (κ2) is 48.3. The highest BCUT2D eigenvalue weighted by Gasteiger charge is 2.35. The summed E-state index contributed by atoms with van der Waals surface area (Å²) < 4.78 is 117. The van der Waals surface area contributed by atoms with Crippen LogP contribution < -0.4 is 44.2 Å². The molecule has 736 valence electrons. The Morgan fingerprint density at radius 2 is 0.529 bits per heavy atom. The molecular formula is C98H96F8I4N16O14. The van der Waals surface area contributed by atoms with Crippen LogP contribution in [0.4, 0.5) is 58.4 Å². The molecule has 0 bridgehead atoms. The zero-order valence-corrected chi connectivity index (χ0v) is 82.7. The number of aromatic nitrogens is 8. The topological polar surface area (TPSA) is 526 Å². The van der Waals surface area contributed by atoms with Gasteiger partial charge in [-0.3, -0.25) is 19.2 Å². The number of carbonyl (C=O) groups is 4. The summed E-state index contributed by atoms with van der Waals surface area (Å²) in [5.74, 6) is -8.13. The van der Waals surface area contributed by atoms with Crippen molar-refractivity contribution in [1.29, 1.82) is 0 Å². The molecule has 4 aromatic heterocycles. The zero-order valence-electron chi connectivity index (χ0n) is 74.1. The Balaban J connectivity index is 0.000000157. The highest BCUT2D eigenvalue weighted by atomic mass is 127. The smallest absolute Gasteiger partial charge is 0.254 e. The predicted octanol–water partition coefficient (Wildman–Crippen LogP) is 13.5. The second-order valence-electron chi connectivity index (χ2n) is 34.2. The molecule has 42 heteroatoms. The van der Waals surface area contributed by atoms with Crippen LogP contribution >= 0.6 is 90.4 Å². The standard InChI is InChI=1S/2C25H25F2IN4O4.2C24H23F2IN4O3/c2*26-15-5-14(6-16(28)9-15)20(11-33)32-25(36)17-3-1-13(7-18(17)27)23-24(29)30-10-19(31-23)12-2-4-21(34)22(35)8-12;2*25-15-5-14(6-16(27)9-15)21(11-32)31-24(34)18-4-2-13(8-19(18)26)22-23(28)29-10-20(30-22)12-1-3-17(33)7-12/h2*1,3,5-7,9-10,12,20-22,33-35H,2,4,8,11H2,(H2,29,30)(H,32,36);2*2,4-6,8-10,12,17,21,32-33H,1,3,7,11H2,(H2,28,29)(H,31,34)/t12-,20-,21+,22-;12-,20-,21-,22-;12-,17+,21-;12-,17-,21-/m1111/s1. The van der Waals surface area contributed by atoms with E-state index >= 15 is 8.78 Å². The van der Waals surface area contributed by atoms with Crippen LogP contribution in [0.2, 0.25) is 0 Å². The average molecular weight is 2380 g/mol. The summed E-state index contributed by atoms with van der Waals surface area (Å²) in [4.78, 5) is 85.9. The van der Waals surface area contributed by atoms with Gasteiger partial charge in [-0.25, -0.2) is 75.0 Å².